The molecule has 1 aliphatic rings. The zero-order valence-corrected chi connectivity index (χ0v) is 6.59. The number of ether oxygens (including phenoxy) is 1. The molecular formula is C7H13NO3. The zero-order valence-electron chi connectivity index (χ0n) is 6.59. The Kier molecular flexibility index (Phi) is 2.46. The lowest BCUT2D eigenvalue weighted by Gasteiger charge is -2.31. The molecule has 0 aliphatic carbocycles. The maximum Gasteiger partial charge on any atom is 0.305 e. The number of rotatable bonds is 1. The summed E-state index contributed by atoms with van der Waals surface area (Å²) in [6.07, 6.45) is 1.36. The van der Waals surface area contributed by atoms with Gasteiger partial charge in [0.25, 0.3) is 0 Å². The summed E-state index contributed by atoms with van der Waals surface area (Å²) in [5.74, 6) is -1.69. The van der Waals surface area contributed by atoms with Crippen LogP contribution in [0.3, 0.4) is 0 Å². The largest absolute Gasteiger partial charge is 0.432 e. The third-order valence-electron chi connectivity index (χ3n) is 1.66. The van der Waals surface area contributed by atoms with Crippen LogP contribution in [0.25, 0.3) is 0 Å². The number of hydrogen-bond acceptors (Lipinski definition) is 4. The van der Waals surface area contributed by atoms with Crippen molar-refractivity contribution in [1.29, 1.82) is 0 Å². The predicted molar refractivity (Wildman–Crippen MR) is 38.8 cm³/mol. The van der Waals surface area contributed by atoms with E-state index in [-0.39, 0.29) is 0 Å². The van der Waals surface area contributed by atoms with Crippen LogP contribution < -0.4 is 5.32 Å². The van der Waals surface area contributed by atoms with Gasteiger partial charge in [-0.3, -0.25) is 4.79 Å². The number of nitrogens with one attached hydrogen (secondary N) is 1. The number of β-amino-alcohol motifs (C(OH)–C–C–N with tert-alkyl or cyclic N) is 1. The van der Waals surface area contributed by atoms with Crippen molar-refractivity contribution in [2.45, 2.75) is 25.6 Å². The summed E-state index contributed by atoms with van der Waals surface area (Å²) in [5, 5.41) is 12.5. The van der Waals surface area contributed by atoms with E-state index in [2.05, 4.69) is 5.32 Å². The quantitative estimate of drug-likeness (QED) is 0.404. The number of hydrogen-bond donors (Lipinski definition) is 2. The Morgan fingerprint density at radius 1 is 1.73 bits per heavy atom. The molecule has 1 atom stereocenters. The molecule has 0 aromatic carbocycles. The minimum Gasteiger partial charge on any atom is -0.432 e. The molecule has 0 bridgehead atoms. The molecular weight excluding hydrogens is 146 g/mol. The van der Waals surface area contributed by atoms with Gasteiger partial charge in [-0.2, -0.15) is 0 Å². The fraction of sp³-hybridized carbons (Fsp3) is 0.857. The molecule has 4 heteroatoms. The molecule has 1 heterocycles. The van der Waals surface area contributed by atoms with E-state index in [9.17, 15) is 9.90 Å². The van der Waals surface area contributed by atoms with Gasteiger partial charge in [0.1, 0.15) is 0 Å². The van der Waals surface area contributed by atoms with Gasteiger partial charge in [-0.15, -0.1) is 0 Å². The lowest BCUT2D eigenvalue weighted by atomic mass is 10.1. The third-order valence-corrected chi connectivity index (χ3v) is 1.66. The molecule has 1 unspecified atom stereocenters. The summed E-state index contributed by atoms with van der Waals surface area (Å²) in [7, 11) is 0. The molecule has 0 aromatic heterocycles. The smallest absolute Gasteiger partial charge is 0.305 e. The van der Waals surface area contributed by atoms with Gasteiger partial charge < -0.3 is 15.2 Å². The van der Waals surface area contributed by atoms with Gasteiger partial charge in [0.15, 0.2) is 0 Å². The van der Waals surface area contributed by atoms with Gasteiger partial charge in [0.05, 0.1) is 6.54 Å². The van der Waals surface area contributed by atoms with Crippen molar-refractivity contribution in [3.63, 3.8) is 0 Å². The number of carbonyl (C=O) groups is 1. The highest BCUT2D eigenvalue weighted by Gasteiger charge is 2.31. The second kappa shape index (κ2) is 3.19. The summed E-state index contributed by atoms with van der Waals surface area (Å²) in [6, 6.07) is 0. The molecule has 64 valence electrons. The van der Waals surface area contributed by atoms with Crippen molar-refractivity contribution < 1.29 is 14.6 Å². The fourth-order valence-corrected chi connectivity index (χ4v) is 1.22. The van der Waals surface area contributed by atoms with Crippen molar-refractivity contribution in [2.75, 3.05) is 13.1 Å². The van der Waals surface area contributed by atoms with Crippen LogP contribution in [0.5, 0.6) is 0 Å². The predicted octanol–water partition coefficient (Wildman–Crippen LogP) is -0.379. The van der Waals surface area contributed by atoms with E-state index in [1.165, 1.54) is 6.92 Å². The van der Waals surface area contributed by atoms with Crippen LogP contribution in [0, 0.1) is 0 Å². The zero-order chi connectivity index (χ0) is 8.32. The van der Waals surface area contributed by atoms with Crippen molar-refractivity contribution in [3.05, 3.63) is 0 Å². The van der Waals surface area contributed by atoms with Gasteiger partial charge in [-0.1, -0.05) is 0 Å². The van der Waals surface area contributed by atoms with E-state index < -0.39 is 11.8 Å². The summed E-state index contributed by atoms with van der Waals surface area (Å²) < 4.78 is 4.73. The van der Waals surface area contributed by atoms with Crippen molar-refractivity contribution in [3.8, 4) is 0 Å². The van der Waals surface area contributed by atoms with E-state index in [0.717, 1.165) is 13.0 Å². The van der Waals surface area contributed by atoms with Gasteiger partial charge in [0, 0.05) is 13.3 Å². The van der Waals surface area contributed by atoms with Gasteiger partial charge in [-0.25, -0.2) is 0 Å². The average Bonchev–Trinajstić information content (AvgIpc) is 1.85. The first-order valence-corrected chi connectivity index (χ1v) is 3.75. The molecule has 1 aliphatic heterocycles. The number of carbonyl (C=O) groups excluding carboxylic acids is 1. The molecule has 1 rings (SSSR count). The SMILES string of the molecule is CC(=O)OC1(O)CCCNC1. The Bertz CT molecular complexity index is 152. The van der Waals surface area contributed by atoms with E-state index in [1.54, 1.807) is 0 Å². The lowest BCUT2D eigenvalue weighted by Crippen LogP contribution is -2.48. The maximum absolute atomic E-state index is 10.5. The van der Waals surface area contributed by atoms with Crippen LogP contribution >= 0.6 is 0 Å². The monoisotopic (exact) mass is 159 g/mol. The Hall–Kier alpha value is -0.610. The van der Waals surface area contributed by atoms with E-state index in [1.807, 2.05) is 0 Å². The Morgan fingerprint density at radius 3 is 2.91 bits per heavy atom. The van der Waals surface area contributed by atoms with Gasteiger partial charge >= 0.3 is 5.97 Å². The minimum atomic E-state index is -1.26. The van der Waals surface area contributed by atoms with Crippen molar-refractivity contribution >= 4 is 5.97 Å². The van der Waals surface area contributed by atoms with Gasteiger partial charge in [-0.05, 0) is 13.0 Å². The highest BCUT2D eigenvalue weighted by Crippen LogP contribution is 2.16. The first kappa shape index (κ1) is 8.49. The Labute approximate surface area is 65.5 Å². The average molecular weight is 159 g/mol. The van der Waals surface area contributed by atoms with Crippen LogP contribution in [0.2, 0.25) is 0 Å². The summed E-state index contributed by atoms with van der Waals surface area (Å²) >= 11 is 0. The molecule has 11 heavy (non-hydrogen) atoms. The molecule has 4 nitrogen and oxygen atoms in total. The van der Waals surface area contributed by atoms with Crippen LogP contribution in [-0.2, 0) is 9.53 Å². The highest BCUT2D eigenvalue weighted by atomic mass is 16.7. The molecule has 0 aromatic rings. The Balaban J connectivity index is 2.43. The molecule has 2 N–H and O–H groups in total. The lowest BCUT2D eigenvalue weighted by molar-refractivity contribution is -0.212. The highest BCUT2D eigenvalue weighted by molar-refractivity contribution is 5.66. The minimum absolute atomic E-state index is 0.340. The van der Waals surface area contributed by atoms with Crippen LogP contribution in [0.4, 0.5) is 0 Å². The van der Waals surface area contributed by atoms with Crippen LogP contribution in [0.15, 0.2) is 0 Å². The summed E-state index contributed by atoms with van der Waals surface area (Å²) in [4.78, 5) is 10.5. The van der Waals surface area contributed by atoms with Crippen LogP contribution in [-0.4, -0.2) is 30.0 Å². The maximum atomic E-state index is 10.5. The standard InChI is InChI=1S/C7H13NO3/c1-6(9)11-7(10)3-2-4-8-5-7/h8,10H,2-5H2,1H3. The van der Waals surface area contributed by atoms with E-state index in [4.69, 9.17) is 4.74 Å². The van der Waals surface area contributed by atoms with Crippen LogP contribution in [0.1, 0.15) is 19.8 Å². The van der Waals surface area contributed by atoms with Gasteiger partial charge in [0.2, 0.25) is 5.79 Å². The van der Waals surface area contributed by atoms with E-state index in [0.29, 0.717) is 13.0 Å². The normalized spacial score (nSPS) is 31.5. The molecule has 1 saturated heterocycles. The van der Waals surface area contributed by atoms with Crippen molar-refractivity contribution in [1.82, 2.24) is 5.32 Å². The fourth-order valence-electron chi connectivity index (χ4n) is 1.22. The van der Waals surface area contributed by atoms with Crippen molar-refractivity contribution in [2.24, 2.45) is 0 Å². The second-order valence-electron chi connectivity index (χ2n) is 2.82. The molecule has 1 fully saturated rings. The number of piperidine rings is 1. The molecule has 0 saturated carbocycles. The topological polar surface area (TPSA) is 58.6 Å². The van der Waals surface area contributed by atoms with E-state index >= 15 is 0 Å². The summed E-state index contributed by atoms with van der Waals surface area (Å²) in [5.41, 5.74) is 0. The third kappa shape index (κ3) is 2.48. The summed E-state index contributed by atoms with van der Waals surface area (Å²) in [6.45, 7) is 2.52. The second-order valence-corrected chi connectivity index (χ2v) is 2.82. The number of aliphatic hydroxyl groups is 1. The first-order valence-electron chi connectivity index (χ1n) is 3.75. The molecule has 0 radical (unpaired) electrons. The molecule has 0 spiro atoms. The first-order chi connectivity index (χ1) is 5.12. The number of esters is 1. The Morgan fingerprint density at radius 2 is 2.45 bits per heavy atom. The molecule has 0 amide bonds.